The zero-order chi connectivity index (χ0) is 15.5. The third kappa shape index (κ3) is 4.14. The van der Waals surface area contributed by atoms with E-state index in [1.54, 1.807) is 19.1 Å². The van der Waals surface area contributed by atoms with Gasteiger partial charge in [0.2, 0.25) is 0 Å². The molecule has 1 atom stereocenters. The monoisotopic (exact) mass is 305 g/mol. The van der Waals surface area contributed by atoms with Crippen molar-refractivity contribution in [2.24, 2.45) is 0 Å². The molecule has 0 bridgehead atoms. The highest BCUT2D eigenvalue weighted by molar-refractivity contribution is 7.85. The van der Waals surface area contributed by atoms with Gasteiger partial charge in [0, 0.05) is 0 Å². The van der Waals surface area contributed by atoms with Crippen LogP contribution >= 0.6 is 0 Å². The van der Waals surface area contributed by atoms with Crippen LogP contribution in [0.15, 0.2) is 53.4 Å². The van der Waals surface area contributed by atoms with E-state index >= 15 is 0 Å². The highest BCUT2D eigenvalue weighted by atomic mass is 32.2. The van der Waals surface area contributed by atoms with E-state index < -0.39 is 16.2 Å². The maximum atomic E-state index is 11.3. The summed E-state index contributed by atoms with van der Waals surface area (Å²) in [5, 5.41) is 0. The fraction of sp³-hybridized carbons (Fsp3) is 0.250. The first-order chi connectivity index (χ1) is 9.88. The lowest BCUT2D eigenvalue weighted by atomic mass is 10.1. The number of ether oxygens (including phenoxy) is 1. The van der Waals surface area contributed by atoms with Crippen molar-refractivity contribution in [1.29, 1.82) is 0 Å². The molecule has 0 heterocycles. The van der Waals surface area contributed by atoms with Gasteiger partial charge in [0.25, 0.3) is 0 Å². The topological polar surface area (TPSA) is 66.4 Å². The summed E-state index contributed by atoms with van der Waals surface area (Å²) in [4.78, 5) is -0.214. The second-order valence-corrected chi connectivity index (χ2v) is 6.28. The lowest BCUT2D eigenvalue weighted by Gasteiger charge is -2.19. The van der Waals surface area contributed by atoms with Crippen molar-refractivity contribution in [1.82, 2.24) is 0 Å². The summed E-state index contributed by atoms with van der Waals surface area (Å²) in [6, 6.07) is 14.2. The second kappa shape index (κ2) is 6.39. The molecule has 0 aliphatic rings. The summed E-state index contributed by atoms with van der Waals surface area (Å²) in [6.07, 6.45) is -0.483. The van der Waals surface area contributed by atoms with Crippen LogP contribution in [0.2, 0.25) is 0 Å². The third-order valence-electron chi connectivity index (χ3n) is 3.22. The standard InChI is InChI=1S/C16H18O4S/c1-12-8-9-16(21(17,18)19)15(10-12)13(2)20-11-14-6-4-3-5-7-14/h3-10,13H,11H2,1-2H3,(H,17,18,19)/p-1. The van der Waals surface area contributed by atoms with Crippen molar-refractivity contribution in [3.8, 4) is 0 Å². The van der Waals surface area contributed by atoms with Crippen LogP contribution in [0.3, 0.4) is 0 Å². The van der Waals surface area contributed by atoms with E-state index in [0.717, 1.165) is 11.1 Å². The van der Waals surface area contributed by atoms with E-state index in [2.05, 4.69) is 0 Å². The van der Waals surface area contributed by atoms with Crippen LogP contribution in [0.4, 0.5) is 0 Å². The molecule has 4 nitrogen and oxygen atoms in total. The SMILES string of the molecule is Cc1ccc(S(=O)(=O)[O-])c(C(C)OCc2ccccc2)c1. The summed E-state index contributed by atoms with van der Waals surface area (Å²) in [7, 11) is -4.51. The van der Waals surface area contributed by atoms with Gasteiger partial charge in [-0.1, -0.05) is 48.0 Å². The summed E-state index contributed by atoms with van der Waals surface area (Å²) in [5.41, 5.74) is 2.28. The van der Waals surface area contributed by atoms with Crippen molar-refractivity contribution in [3.05, 3.63) is 65.2 Å². The average molecular weight is 305 g/mol. The average Bonchev–Trinajstić information content (AvgIpc) is 2.44. The molecular weight excluding hydrogens is 288 g/mol. The quantitative estimate of drug-likeness (QED) is 0.796. The molecule has 112 valence electrons. The smallest absolute Gasteiger partial charge is 0.124 e. The molecule has 0 radical (unpaired) electrons. The maximum Gasteiger partial charge on any atom is 0.124 e. The lowest BCUT2D eigenvalue weighted by Crippen LogP contribution is -2.09. The van der Waals surface area contributed by atoms with Crippen molar-refractivity contribution >= 4 is 10.1 Å². The van der Waals surface area contributed by atoms with Gasteiger partial charge in [-0.15, -0.1) is 0 Å². The maximum absolute atomic E-state index is 11.3. The first-order valence-electron chi connectivity index (χ1n) is 6.60. The normalized spacial score (nSPS) is 13.1. The Morgan fingerprint density at radius 3 is 2.43 bits per heavy atom. The van der Waals surface area contributed by atoms with Crippen LogP contribution in [-0.2, 0) is 21.5 Å². The van der Waals surface area contributed by atoms with E-state index in [0.29, 0.717) is 12.2 Å². The summed E-state index contributed by atoms with van der Waals surface area (Å²) >= 11 is 0. The Bertz CT molecular complexity index is 708. The van der Waals surface area contributed by atoms with Crippen LogP contribution < -0.4 is 0 Å². The number of aryl methyl sites for hydroxylation is 1. The zero-order valence-electron chi connectivity index (χ0n) is 11.9. The Morgan fingerprint density at radius 2 is 1.81 bits per heavy atom. The predicted molar refractivity (Wildman–Crippen MR) is 78.8 cm³/mol. The summed E-state index contributed by atoms with van der Waals surface area (Å²) in [6.45, 7) is 3.94. The van der Waals surface area contributed by atoms with Crippen LogP contribution in [0, 0.1) is 6.92 Å². The Balaban J connectivity index is 2.22. The van der Waals surface area contributed by atoms with Gasteiger partial charge in [-0.3, -0.25) is 0 Å². The minimum absolute atomic E-state index is 0.214. The van der Waals surface area contributed by atoms with E-state index in [1.165, 1.54) is 6.07 Å². The molecule has 0 aliphatic carbocycles. The van der Waals surface area contributed by atoms with Gasteiger partial charge >= 0.3 is 0 Å². The van der Waals surface area contributed by atoms with Crippen molar-refractivity contribution in [2.45, 2.75) is 31.5 Å². The Hall–Kier alpha value is -1.69. The summed E-state index contributed by atoms with van der Waals surface area (Å²) in [5.74, 6) is 0. The Kier molecular flexibility index (Phi) is 4.77. The molecular formula is C16H17O4S-. The minimum atomic E-state index is -4.51. The third-order valence-corrected chi connectivity index (χ3v) is 4.13. The molecule has 2 rings (SSSR count). The number of benzene rings is 2. The summed E-state index contributed by atoms with van der Waals surface area (Å²) < 4.78 is 39.7. The van der Waals surface area contributed by atoms with Crippen LogP contribution in [-0.4, -0.2) is 13.0 Å². The molecule has 0 N–H and O–H groups in total. The number of hydrogen-bond donors (Lipinski definition) is 0. The fourth-order valence-corrected chi connectivity index (χ4v) is 2.85. The highest BCUT2D eigenvalue weighted by Gasteiger charge is 2.15. The molecule has 5 heteroatoms. The van der Waals surface area contributed by atoms with E-state index in [4.69, 9.17) is 4.74 Å². The van der Waals surface area contributed by atoms with Gasteiger partial charge < -0.3 is 9.29 Å². The lowest BCUT2D eigenvalue weighted by molar-refractivity contribution is 0.0506. The molecule has 0 saturated heterocycles. The Morgan fingerprint density at radius 1 is 1.14 bits per heavy atom. The molecule has 1 unspecified atom stereocenters. The molecule has 2 aromatic carbocycles. The van der Waals surface area contributed by atoms with Crippen LogP contribution in [0.5, 0.6) is 0 Å². The molecule has 0 aromatic heterocycles. The molecule has 21 heavy (non-hydrogen) atoms. The van der Waals surface area contributed by atoms with Crippen molar-refractivity contribution < 1.29 is 17.7 Å². The van der Waals surface area contributed by atoms with E-state index in [-0.39, 0.29) is 4.90 Å². The van der Waals surface area contributed by atoms with E-state index in [1.807, 2.05) is 37.3 Å². The zero-order valence-corrected chi connectivity index (χ0v) is 12.8. The van der Waals surface area contributed by atoms with Gasteiger partial charge in [0.05, 0.1) is 17.6 Å². The van der Waals surface area contributed by atoms with Gasteiger partial charge in [0.1, 0.15) is 10.1 Å². The largest absolute Gasteiger partial charge is 0.744 e. The minimum Gasteiger partial charge on any atom is -0.744 e. The van der Waals surface area contributed by atoms with Crippen LogP contribution in [0.1, 0.15) is 29.7 Å². The molecule has 0 fully saturated rings. The molecule has 0 spiro atoms. The first kappa shape index (κ1) is 15.7. The van der Waals surface area contributed by atoms with E-state index in [9.17, 15) is 13.0 Å². The first-order valence-corrected chi connectivity index (χ1v) is 8.01. The molecule has 0 saturated carbocycles. The predicted octanol–water partition coefficient (Wildman–Crippen LogP) is 3.18. The Labute approximate surface area is 125 Å². The molecule has 2 aromatic rings. The number of hydrogen-bond acceptors (Lipinski definition) is 4. The van der Waals surface area contributed by atoms with Crippen molar-refractivity contribution in [3.63, 3.8) is 0 Å². The van der Waals surface area contributed by atoms with Gasteiger partial charge in [-0.05, 0) is 31.0 Å². The van der Waals surface area contributed by atoms with Crippen LogP contribution in [0.25, 0.3) is 0 Å². The van der Waals surface area contributed by atoms with Crippen molar-refractivity contribution in [2.75, 3.05) is 0 Å². The highest BCUT2D eigenvalue weighted by Crippen LogP contribution is 2.26. The van der Waals surface area contributed by atoms with Gasteiger partial charge in [0.15, 0.2) is 0 Å². The number of rotatable bonds is 5. The van der Waals surface area contributed by atoms with Gasteiger partial charge in [-0.25, -0.2) is 8.42 Å². The fourth-order valence-electron chi connectivity index (χ4n) is 2.10. The molecule has 0 amide bonds. The second-order valence-electron chi connectivity index (χ2n) is 4.93. The molecule has 0 aliphatic heterocycles. The van der Waals surface area contributed by atoms with Gasteiger partial charge in [-0.2, -0.15) is 0 Å².